The quantitative estimate of drug-likeness (QED) is 0.614. The van der Waals surface area contributed by atoms with Gasteiger partial charge in [0.2, 0.25) is 0 Å². The minimum absolute atomic E-state index is 0.568. The SMILES string of the molecule is CNC1CCSC(=S)S1. The predicted octanol–water partition coefficient (Wildman–Crippen LogP) is 1.69. The van der Waals surface area contributed by atoms with E-state index in [0.29, 0.717) is 5.37 Å². The third-order valence-corrected chi connectivity index (χ3v) is 4.07. The van der Waals surface area contributed by atoms with Gasteiger partial charge in [-0.05, 0) is 13.5 Å². The maximum Gasteiger partial charge on any atom is 0.105 e. The summed E-state index contributed by atoms with van der Waals surface area (Å²) in [6.45, 7) is 0. The summed E-state index contributed by atoms with van der Waals surface area (Å²) in [5, 5.41) is 3.76. The van der Waals surface area contributed by atoms with Gasteiger partial charge in [-0.15, -0.1) is 11.8 Å². The molecule has 0 aromatic heterocycles. The smallest absolute Gasteiger partial charge is 0.105 e. The number of thiocarbonyl (C=S) groups is 1. The van der Waals surface area contributed by atoms with Crippen molar-refractivity contribution in [3.8, 4) is 0 Å². The van der Waals surface area contributed by atoms with Gasteiger partial charge in [0, 0.05) is 5.75 Å². The second-order valence-corrected chi connectivity index (χ2v) is 5.28. The number of hydrogen-bond donors (Lipinski definition) is 1. The summed E-state index contributed by atoms with van der Waals surface area (Å²) in [6, 6.07) is 0. The normalized spacial score (nSPS) is 28.6. The Labute approximate surface area is 69.3 Å². The molecular formula is C5H9NS3. The highest BCUT2D eigenvalue weighted by molar-refractivity contribution is 8.47. The maximum absolute atomic E-state index is 5.03. The molecule has 0 saturated carbocycles. The Kier molecular flexibility index (Phi) is 3.32. The molecule has 1 unspecified atom stereocenters. The average molecular weight is 179 g/mol. The molecule has 9 heavy (non-hydrogen) atoms. The molecule has 1 atom stereocenters. The fourth-order valence-electron chi connectivity index (χ4n) is 0.662. The van der Waals surface area contributed by atoms with Crippen LogP contribution in [0.2, 0.25) is 0 Å². The first-order valence-electron chi connectivity index (χ1n) is 2.83. The summed E-state index contributed by atoms with van der Waals surface area (Å²) < 4.78 is 1.08. The Bertz CT molecular complexity index is 115. The molecule has 4 heteroatoms. The van der Waals surface area contributed by atoms with E-state index in [0.717, 1.165) is 3.53 Å². The number of rotatable bonds is 1. The Morgan fingerprint density at radius 2 is 2.56 bits per heavy atom. The largest absolute Gasteiger partial charge is 0.308 e. The molecule has 1 N–H and O–H groups in total. The molecule has 1 heterocycles. The number of hydrogen-bond acceptors (Lipinski definition) is 4. The lowest BCUT2D eigenvalue weighted by Gasteiger charge is -2.19. The van der Waals surface area contributed by atoms with E-state index in [4.69, 9.17) is 12.2 Å². The van der Waals surface area contributed by atoms with Crippen LogP contribution in [0, 0.1) is 0 Å². The van der Waals surface area contributed by atoms with Crippen LogP contribution >= 0.6 is 35.7 Å². The van der Waals surface area contributed by atoms with E-state index in [1.807, 2.05) is 7.05 Å². The topological polar surface area (TPSA) is 12.0 Å². The molecule has 1 rings (SSSR count). The van der Waals surface area contributed by atoms with Gasteiger partial charge < -0.3 is 5.32 Å². The van der Waals surface area contributed by atoms with E-state index >= 15 is 0 Å². The molecule has 1 fully saturated rings. The Hall–Kier alpha value is 0.750. The molecule has 0 bridgehead atoms. The van der Waals surface area contributed by atoms with Crippen molar-refractivity contribution in [2.45, 2.75) is 11.8 Å². The van der Waals surface area contributed by atoms with Crippen LogP contribution < -0.4 is 5.32 Å². The lowest BCUT2D eigenvalue weighted by Crippen LogP contribution is -2.25. The molecule has 52 valence electrons. The lowest BCUT2D eigenvalue weighted by molar-refractivity contribution is 0.726. The highest BCUT2D eigenvalue weighted by Gasteiger charge is 2.15. The molecule has 0 aromatic rings. The van der Waals surface area contributed by atoms with Crippen LogP contribution in [-0.2, 0) is 0 Å². The standard InChI is InChI=1S/C5H9NS3/c1-6-4-2-3-8-5(7)9-4/h4,6H,2-3H2,1H3. The second kappa shape index (κ2) is 3.81. The molecule has 1 nitrogen and oxygen atoms in total. The van der Waals surface area contributed by atoms with Gasteiger partial charge in [0.25, 0.3) is 0 Å². The lowest BCUT2D eigenvalue weighted by atomic mass is 10.5. The first-order valence-corrected chi connectivity index (χ1v) is 5.11. The molecule has 0 radical (unpaired) electrons. The fourth-order valence-corrected chi connectivity index (χ4v) is 3.39. The molecule has 1 aliphatic rings. The van der Waals surface area contributed by atoms with Crippen molar-refractivity contribution in [3.05, 3.63) is 0 Å². The molecule has 0 spiro atoms. The summed E-state index contributed by atoms with van der Waals surface area (Å²) in [5.74, 6) is 1.18. The summed E-state index contributed by atoms with van der Waals surface area (Å²) >= 11 is 8.60. The van der Waals surface area contributed by atoms with Gasteiger partial charge in [-0.2, -0.15) is 0 Å². The van der Waals surface area contributed by atoms with Gasteiger partial charge >= 0.3 is 0 Å². The fraction of sp³-hybridized carbons (Fsp3) is 0.800. The van der Waals surface area contributed by atoms with E-state index in [1.165, 1.54) is 12.2 Å². The van der Waals surface area contributed by atoms with Gasteiger partial charge in [0.1, 0.15) is 3.53 Å². The average Bonchev–Trinajstić information content (AvgIpc) is 1.88. The van der Waals surface area contributed by atoms with E-state index in [2.05, 4.69) is 5.32 Å². The van der Waals surface area contributed by atoms with Crippen LogP contribution in [-0.4, -0.2) is 21.7 Å². The first kappa shape index (κ1) is 7.85. The van der Waals surface area contributed by atoms with E-state index in [9.17, 15) is 0 Å². The Morgan fingerprint density at radius 3 is 3.00 bits per heavy atom. The van der Waals surface area contributed by atoms with Crippen LogP contribution in [0.5, 0.6) is 0 Å². The summed E-state index contributed by atoms with van der Waals surface area (Å²) in [5.41, 5.74) is 0. The van der Waals surface area contributed by atoms with Crippen molar-refractivity contribution in [2.75, 3.05) is 12.8 Å². The monoisotopic (exact) mass is 179 g/mol. The van der Waals surface area contributed by atoms with Gasteiger partial charge in [-0.25, -0.2) is 0 Å². The van der Waals surface area contributed by atoms with E-state index < -0.39 is 0 Å². The van der Waals surface area contributed by atoms with Crippen molar-refractivity contribution in [2.24, 2.45) is 0 Å². The highest BCUT2D eigenvalue weighted by Crippen LogP contribution is 2.29. The van der Waals surface area contributed by atoms with E-state index in [-0.39, 0.29) is 0 Å². The van der Waals surface area contributed by atoms with Gasteiger partial charge in [-0.1, -0.05) is 24.0 Å². The minimum Gasteiger partial charge on any atom is -0.308 e. The van der Waals surface area contributed by atoms with E-state index in [1.54, 1.807) is 23.5 Å². The minimum atomic E-state index is 0.568. The number of nitrogens with one attached hydrogen (secondary N) is 1. The van der Waals surface area contributed by atoms with Crippen molar-refractivity contribution in [1.82, 2.24) is 5.32 Å². The van der Waals surface area contributed by atoms with Crippen LogP contribution in [0.1, 0.15) is 6.42 Å². The number of thioether (sulfide) groups is 2. The van der Waals surface area contributed by atoms with Gasteiger partial charge in [-0.3, -0.25) is 0 Å². The van der Waals surface area contributed by atoms with Crippen molar-refractivity contribution in [1.29, 1.82) is 0 Å². The van der Waals surface area contributed by atoms with Crippen molar-refractivity contribution >= 4 is 39.3 Å². The summed E-state index contributed by atoms with van der Waals surface area (Å²) in [4.78, 5) is 0. The molecule has 1 aliphatic heterocycles. The van der Waals surface area contributed by atoms with Crippen molar-refractivity contribution in [3.63, 3.8) is 0 Å². The van der Waals surface area contributed by atoms with Gasteiger partial charge in [0.05, 0.1) is 5.37 Å². The van der Waals surface area contributed by atoms with Crippen LogP contribution in [0.15, 0.2) is 0 Å². The maximum atomic E-state index is 5.03. The Balaban J connectivity index is 2.32. The predicted molar refractivity (Wildman–Crippen MR) is 50.1 cm³/mol. The zero-order valence-corrected chi connectivity index (χ0v) is 7.67. The highest BCUT2D eigenvalue weighted by atomic mass is 32.2. The molecule has 0 aromatic carbocycles. The molecule has 0 amide bonds. The molecule has 0 aliphatic carbocycles. The summed E-state index contributed by atoms with van der Waals surface area (Å²) in [6.07, 6.45) is 1.23. The van der Waals surface area contributed by atoms with Crippen molar-refractivity contribution < 1.29 is 0 Å². The second-order valence-electron chi connectivity index (χ2n) is 1.78. The zero-order valence-electron chi connectivity index (χ0n) is 5.22. The summed E-state index contributed by atoms with van der Waals surface area (Å²) in [7, 11) is 1.98. The zero-order chi connectivity index (χ0) is 6.69. The first-order chi connectivity index (χ1) is 4.33. The molecule has 1 saturated heterocycles. The Morgan fingerprint density at radius 1 is 1.78 bits per heavy atom. The van der Waals surface area contributed by atoms with Crippen LogP contribution in [0.4, 0.5) is 0 Å². The third-order valence-electron chi connectivity index (χ3n) is 1.16. The van der Waals surface area contributed by atoms with Crippen LogP contribution in [0.25, 0.3) is 0 Å². The third kappa shape index (κ3) is 2.45. The van der Waals surface area contributed by atoms with Crippen LogP contribution in [0.3, 0.4) is 0 Å². The van der Waals surface area contributed by atoms with Gasteiger partial charge in [0.15, 0.2) is 0 Å². The molecular weight excluding hydrogens is 170 g/mol.